The van der Waals surface area contributed by atoms with Crippen LogP contribution in [0.3, 0.4) is 0 Å². The number of nitrogens with zero attached hydrogens (tertiary/aromatic N) is 3. The second-order valence-electron chi connectivity index (χ2n) is 18.3. The van der Waals surface area contributed by atoms with E-state index in [2.05, 4.69) is 72.4 Å². The summed E-state index contributed by atoms with van der Waals surface area (Å²) in [6.45, 7) is 8.32. The van der Waals surface area contributed by atoms with Gasteiger partial charge in [-0.05, 0) is 149 Å². The molecule has 3 atom stereocenters. The lowest BCUT2D eigenvalue weighted by Crippen LogP contribution is -2.40. The number of alkyl halides is 1. The molecule has 6 aromatic rings. The lowest BCUT2D eigenvalue weighted by molar-refractivity contribution is -0.133. The van der Waals surface area contributed by atoms with Gasteiger partial charge in [0.2, 0.25) is 17.7 Å². The zero-order chi connectivity index (χ0) is 52.5. The maximum atomic E-state index is 12.9. The van der Waals surface area contributed by atoms with Gasteiger partial charge in [0.25, 0.3) is 0 Å². The Morgan fingerprint density at radius 2 is 0.781 bits per heavy atom. The van der Waals surface area contributed by atoms with Crippen LogP contribution < -0.4 is 0 Å². The Balaban J connectivity index is 0.000000160. The zero-order valence-corrected chi connectivity index (χ0v) is 48.1. The summed E-state index contributed by atoms with van der Waals surface area (Å²) in [5.41, 5.74) is 13.3. The first-order valence-electron chi connectivity index (χ1n) is 24.2. The number of thioether (sulfide) groups is 1. The Bertz CT molecular complexity index is 2780. The first-order chi connectivity index (χ1) is 35.1. The van der Waals surface area contributed by atoms with Gasteiger partial charge in [-0.2, -0.15) is 11.8 Å². The largest absolute Gasteiger partial charge is 0.392 e. The summed E-state index contributed by atoms with van der Waals surface area (Å²) in [6, 6.07) is 34.7. The smallest absolute Gasteiger partial charge is 0.227 e. The lowest BCUT2D eigenvalue weighted by Gasteiger charge is -2.36. The van der Waals surface area contributed by atoms with E-state index in [1.165, 1.54) is 33.4 Å². The fourth-order valence-corrected chi connectivity index (χ4v) is 13.0. The number of halogens is 7. The van der Waals surface area contributed by atoms with Gasteiger partial charge in [-0.25, -0.2) is 0 Å². The Morgan fingerprint density at radius 3 is 1.10 bits per heavy atom. The molecule has 0 fully saturated rings. The Morgan fingerprint density at radius 1 is 0.493 bits per heavy atom. The summed E-state index contributed by atoms with van der Waals surface area (Å²) in [6.07, 6.45) is 5.31. The molecule has 7 nitrogen and oxygen atoms in total. The fraction of sp³-hybridized carbons (Fsp3) is 0.328. The second kappa shape index (κ2) is 26.3. The van der Waals surface area contributed by atoms with E-state index in [0.29, 0.717) is 53.4 Å². The fourth-order valence-electron chi connectivity index (χ4n) is 10.3. The van der Waals surface area contributed by atoms with Crippen LogP contribution in [-0.2, 0) is 70.6 Å². The molecule has 0 aliphatic carbocycles. The van der Waals surface area contributed by atoms with E-state index in [0.717, 1.165) is 60.1 Å². The molecular formula is C58H58BrCl6N3O4S. The highest BCUT2D eigenvalue weighted by Gasteiger charge is 2.32. The highest BCUT2D eigenvalue weighted by molar-refractivity contribution is 9.08. The van der Waals surface area contributed by atoms with Crippen LogP contribution in [0.25, 0.3) is 0 Å². The SMILES string of the molecule is CSCc1cccc2c1CCN(C(=O)Cc1c(Cl)cccc1Cl)[C@H]2C.C[C@H]1c2cccc(CBr)c2CCN1C(=O)Cc1c(Cl)cccc1Cl.C[C@H]1c2cccc(CO)c2CCN1C(=O)Cc1c(Cl)cccc1Cl. The molecule has 0 unspecified atom stereocenters. The number of rotatable bonds is 10. The normalized spacial score (nSPS) is 16.8. The van der Waals surface area contributed by atoms with Crippen LogP contribution in [0.2, 0.25) is 30.1 Å². The topological polar surface area (TPSA) is 81.2 Å². The van der Waals surface area contributed by atoms with E-state index in [1.807, 2.05) is 51.6 Å². The molecule has 3 amide bonds. The molecule has 384 valence electrons. The van der Waals surface area contributed by atoms with Crippen molar-refractivity contribution in [3.63, 3.8) is 0 Å². The predicted molar refractivity (Wildman–Crippen MR) is 307 cm³/mol. The van der Waals surface area contributed by atoms with E-state index in [-0.39, 0.29) is 61.7 Å². The summed E-state index contributed by atoms with van der Waals surface area (Å²) in [5, 5.41) is 13.6. The molecule has 9 rings (SSSR count). The summed E-state index contributed by atoms with van der Waals surface area (Å²) < 4.78 is 0. The van der Waals surface area contributed by atoms with E-state index < -0.39 is 0 Å². The Labute approximate surface area is 472 Å². The van der Waals surface area contributed by atoms with Gasteiger partial charge in [0, 0.05) is 60.9 Å². The van der Waals surface area contributed by atoms with Crippen LogP contribution in [0.5, 0.6) is 0 Å². The first-order valence-corrected chi connectivity index (χ1v) is 29.0. The van der Waals surface area contributed by atoms with Crippen molar-refractivity contribution >= 4 is 115 Å². The van der Waals surface area contributed by atoms with Gasteiger partial charge in [-0.15, -0.1) is 0 Å². The number of aliphatic hydroxyl groups is 1. The van der Waals surface area contributed by atoms with E-state index in [4.69, 9.17) is 69.6 Å². The summed E-state index contributed by atoms with van der Waals surface area (Å²) in [7, 11) is 0. The minimum atomic E-state index is -0.0333. The van der Waals surface area contributed by atoms with Crippen LogP contribution in [0, 0.1) is 0 Å². The van der Waals surface area contributed by atoms with E-state index in [1.54, 1.807) is 54.6 Å². The van der Waals surface area contributed by atoms with Crippen molar-refractivity contribution in [2.24, 2.45) is 0 Å². The Hall–Kier alpha value is -3.74. The van der Waals surface area contributed by atoms with Gasteiger partial charge < -0.3 is 19.8 Å². The standard InChI is InChI=1S/C20H21Cl2NOS.C19H18BrCl2NO.C19H19Cl2NO2/c1-13-15-6-3-5-14(12-25-2)16(15)9-10-23(13)20(24)11-17-18(21)7-4-8-19(17)22;1-12-14-5-2-4-13(11-20)15(14)8-9-23(12)19(24)10-16-17(21)6-3-7-18(16)22;1-12-14-5-2-4-13(11-23)15(14)8-9-22(12)19(24)10-16-17(20)6-3-7-18(16)21/h3-8,13H,9-12H2,1-2H3;2-7,12H,8-11H2,1H3;2-7,12,23H,8-11H2,1H3/t13-;2*12-/m000/s1. The highest BCUT2D eigenvalue weighted by atomic mass is 79.9. The molecule has 73 heavy (non-hydrogen) atoms. The molecule has 1 N–H and O–H groups in total. The molecule has 3 aliphatic rings. The predicted octanol–water partition coefficient (Wildman–Crippen LogP) is 15.3. The van der Waals surface area contributed by atoms with Crippen molar-refractivity contribution in [2.75, 3.05) is 25.9 Å². The number of aliphatic hydroxyl groups excluding tert-OH is 1. The maximum absolute atomic E-state index is 12.9. The lowest BCUT2D eigenvalue weighted by atomic mass is 9.89. The molecule has 0 radical (unpaired) electrons. The second-order valence-corrected chi connectivity index (χ2v) is 22.2. The molecule has 15 heteroatoms. The van der Waals surface area contributed by atoms with E-state index >= 15 is 0 Å². The number of carbonyl (C=O) groups excluding carboxylic acids is 3. The first kappa shape index (κ1) is 57.0. The van der Waals surface area contributed by atoms with E-state index in [9.17, 15) is 19.5 Å². The number of benzene rings is 6. The number of amides is 3. The molecule has 3 heterocycles. The van der Waals surface area contributed by atoms with Crippen molar-refractivity contribution in [1.82, 2.24) is 14.7 Å². The molecule has 0 aromatic heterocycles. The number of fused-ring (bicyclic) bond motifs is 3. The monoisotopic (exact) mass is 1180 g/mol. The summed E-state index contributed by atoms with van der Waals surface area (Å²) >= 11 is 42.6. The van der Waals surface area contributed by atoms with Gasteiger partial charge in [-0.3, -0.25) is 14.4 Å². The third kappa shape index (κ3) is 13.3. The third-order valence-corrected chi connectivity index (χ3v) is 17.6. The van der Waals surface area contributed by atoms with Crippen molar-refractivity contribution in [3.8, 4) is 0 Å². The zero-order valence-electron chi connectivity index (χ0n) is 41.2. The highest BCUT2D eigenvalue weighted by Crippen LogP contribution is 2.37. The average molecular weight is 1190 g/mol. The molecular weight excluding hydrogens is 1130 g/mol. The molecule has 0 bridgehead atoms. The number of hydrogen-bond acceptors (Lipinski definition) is 5. The summed E-state index contributed by atoms with van der Waals surface area (Å²) in [4.78, 5) is 44.3. The van der Waals surface area contributed by atoms with Gasteiger partial charge in [0.15, 0.2) is 0 Å². The van der Waals surface area contributed by atoms with Crippen molar-refractivity contribution < 1.29 is 19.5 Å². The van der Waals surface area contributed by atoms with Gasteiger partial charge in [0.05, 0.1) is 44.0 Å². The van der Waals surface area contributed by atoms with Crippen LogP contribution in [0.1, 0.15) is 106 Å². The van der Waals surface area contributed by atoms with Crippen LogP contribution in [-0.4, -0.2) is 63.4 Å². The van der Waals surface area contributed by atoms with Gasteiger partial charge in [-0.1, -0.05) is 158 Å². The maximum Gasteiger partial charge on any atom is 0.227 e. The molecule has 6 aromatic carbocycles. The third-order valence-electron chi connectivity index (χ3n) is 14.2. The van der Waals surface area contributed by atoms with Crippen molar-refractivity contribution in [2.45, 2.75) is 95.1 Å². The minimum absolute atomic E-state index is 0.0116. The van der Waals surface area contributed by atoms with Crippen LogP contribution in [0.4, 0.5) is 0 Å². The Kier molecular flexibility index (Phi) is 20.6. The van der Waals surface area contributed by atoms with Gasteiger partial charge in [0.1, 0.15) is 0 Å². The van der Waals surface area contributed by atoms with Crippen LogP contribution in [0.15, 0.2) is 109 Å². The minimum Gasteiger partial charge on any atom is -0.392 e. The molecule has 0 saturated heterocycles. The number of carbonyl (C=O) groups is 3. The van der Waals surface area contributed by atoms with Gasteiger partial charge >= 0.3 is 0 Å². The quantitative estimate of drug-likeness (QED) is 0.138. The van der Waals surface area contributed by atoms with Crippen molar-refractivity contribution in [1.29, 1.82) is 0 Å². The average Bonchev–Trinajstić information content (AvgIpc) is 3.38. The van der Waals surface area contributed by atoms with Crippen molar-refractivity contribution in [3.05, 3.63) is 206 Å². The molecule has 3 aliphatic heterocycles. The summed E-state index contributed by atoms with van der Waals surface area (Å²) in [5.74, 6) is 1.16. The number of hydrogen-bond donors (Lipinski definition) is 1. The molecule has 0 saturated carbocycles. The van der Waals surface area contributed by atoms with Crippen LogP contribution >= 0.6 is 97.3 Å². The molecule has 0 spiro atoms.